The summed E-state index contributed by atoms with van der Waals surface area (Å²) in [6.45, 7) is 9.30. The number of aryl methyl sites for hydroxylation is 4. The number of carbonyl (C=O) groups excluding carboxylic acids is 2. The number of hydrogen-bond donors (Lipinski definition) is 2. The minimum atomic E-state index is -0.374. The second-order valence-corrected chi connectivity index (χ2v) is 8.82. The predicted octanol–water partition coefficient (Wildman–Crippen LogP) is 4.67. The fraction of sp³-hybridized carbons (Fsp3) is 0.286. The number of carbonyl (C=O) groups is 2. The Bertz CT molecular complexity index is 1440. The molecule has 8 heteroatoms. The molecule has 2 heterocycles. The smallest absolute Gasteiger partial charge is 0.274 e. The van der Waals surface area contributed by atoms with Crippen LogP contribution in [0.5, 0.6) is 0 Å². The molecule has 0 spiro atoms. The molecule has 0 aliphatic rings. The van der Waals surface area contributed by atoms with Crippen LogP contribution in [0.2, 0.25) is 0 Å². The van der Waals surface area contributed by atoms with Crippen molar-refractivity contribution in [3.8, 4) is 11.3 Å². The molecule has 4 aromatic rings. The number of nitrogens with one attached hydrogen (secondary N) is 2. The number of hydrogen-bond acceptors (Lipinski definition) is 5. The third kappa shape index (κ3) is 5.28. The SMILES string of the molecule is CCn1cc(NC(=O)c2cc(-c3ccc(C)c(C)c3)nc3ccc(C)cc23)c(C(=O)NCCOC)n1. The summed E-state index contributed by atoms with van der Waals surface area (Å²) in [4.78, 5) is 31.2. The van der Waals surface area contributed by atoms with E-state index in [1.165, 1.54) is 5.56 Å². The van der Waals surface area contributed by atoms with Gasteiger partial charge in [-0.15, -0.1) is 0 Å². The van der Waals surface area contributed by atoms with Crippen molar-refractivity contribution in [3.05, 3.63) is 76.6 Å². The van der Waals surface area contributed by atoms with Crippen molar-refractivity contribution in [3.63, 3.8) is 0 Å². The highest BCUT2D eigenvalue weighted by atomic mass is 16.5. The minimum Gasteiger partial charge on any atom is -0.383 e. The normalized spacial score (nSPS) is 11.0. The van der Waals surface area contributed by atoms with Gasteiger partial charge in [0.2, 0.25) is 0 Å². The number of pyridine rings is 1. The fourth-order valence-corrected chi connectivity index (χ4v) is 3.96. The lowest BCUT2D eigenvalue weighted by atomic mass is 9.99. The summed E-state index contributed by atoms with van der Waals surface area (Å²) >= 11 is 0. The van der Waals surface area contributed by atoms with Gasteiger partial charge in [-0.3, -0.25) is 14.3 Å². The fourth-order valence-electron chi connectivity index (χ4n) is 3.96. The van der Waals surface area contributed by atoms with Gasteiger partial charge in [0.25, 0.3) is 11.8 Å². The molecule has 0 bridgehead atoms. The zero-order valence-electron chi connectivity index (χ0n) is 21.3. The second kappa shape index (κ2) is 10.7. The molecule has 0 fully saturated rings. The zero-order chi connectivity index (χ0) is 25.8. The Labute approximate surface area is 210 Å². The minimum absolute atomic E-state index is 0.158. The molecule has 0 aliphatic carbocycles. The van der Waals surface area contributed by atoms with Crippen molar-refractivity contribution in [2.24, 2.45) is 0 Å². The molecule has 2 aromatic carbocycles. The number of anilines is 1. The van der Waals surface area contributed by atoms with Crippen LogP contribution >= 0.6 is 0 Å². The number of methoxy groups -OCH3 is 1. The first-order chi connectivity index (χ1) is 17.3. The third-order valence-corrected chi connectivity index (χ3v) is 6.15. The highest BCUT2D eigenvalue weighted by molar-refractivity contribution is 6.14. The van der Waals surface area contributed by atoms with E-state index in [2.05, 4.69) is 41.7 Å². The number of rotatable bonds is 8. The van der Waals surface area contributed by atoms with Crippen molar-refractivity contribution in [1.82, 2.24) is 20.1 Å². The average molecular weight is 486 g/mol. The van der Waals surface area contributed by atoms with E-state index >= 15 is 0 Å². The molecule has 36 heavy (non-hydrogen) atoms. The molecular formula is C28H31N5O3. The highest BCUT2D eigenvalue weighted by Crippen LogP contribution is 2.28. The standard InChI is InChI=1S/C28H31N5O3/c1-6-33-16-25(26(32-33)28(35)29-11-12-36-5)31-27(34)22-15-24(20-9-8-18(3)19(4)14-20)30-23-10-7-17(2)13-21(22)23/h7-10,13-16H,6,11-12H2,1-5H3,(H,29,35)(H,31,34). The van der Waals surface area contributed by atoms with Crippen molar-refractivity contribution < 1.29 is 14.3 Å². The van der Waals surface area contributed by atoms with Gasteiger partial charge >= 0.3 is 0 Å². The van der Waals surface area contributed by atoms with Gasteiger partial charge in [-0.1, -0.05) is 23.8 Å². The van der Waals surface area contributed by atoms with Crippen molar-refractivity contribution in [2.75, 3.05) is 25.6 Å². The lowest BCUT2D eigenvalue weighted by Gasteiger charge is -2.12. The Morgan fingerprint density at radius 2 is 1.81 bits per heavy atom. The van der Waals surface area contributed by atoms with E-state index in [9.17, 15) is 9.59 Å². The Kier molecular flexibility index (Phi) is 7.45. The summed E-state index contributed by atoms with van der Waals surface area (Å²) in [7, 11) is 1.57. The highest BCUT2D eigenvalue weighted by Gasteiger charge is 2.21. The number of benzene rings is 2. The van der Waals surface area contributed by atoms with Gasteiger partial charge in [0, 0.05) is 37.3 Å². The van der Waals surface area contributed by atoms with Crippen LogP contribution in [-0.4, -0.2) is 46.8 Å². The van der Waals surface area contributed by atoms with Crippen molar-refractivity contribution >= 4 is 28.4 Å². The Morgan fingerprint density at radius 1 is 1.00 bits per heavy atom. The van der Waals surface area contributed by atoms with Gasteiger partial charge in [-0.05, 0) is 63.1 Å². The topological polar surface area (TPSA) is 98.1 Å². The molecule has 0 radical (unpaired) electrons. The molecule has 0 unspecified atom stereocenters. The van der Waals surface area contributed by atoms with E-state index in [-0.39, 0.29) is 17.5 Å². The summed E-state index contributed by atoms with van der Waals surface area (Å²) in [5.41, 5.74) is 6.72. The van der Waals surface area contributed by atoms with E-state index in [0.717, 1.165) is 27.6 Å². The number of fused-ring (bicyclic) bond motifs is 1. The predicted molar refractivity (Wildman–Crippen MR) is 141 cm³/mol. The molecule has 2 amide bonds. The monoisotopic (exact) mass is 485 g/mol. The van der Waals surface area contributed by atoms with E-state index in [1.54, 1.807) is 18.0 Å². The van der Waals surface area contributed by atoms with Crippen molar-refractivity contribution in [2.45, 2.75) is 34.2 Å². The summed E-state index contributed by atoms with van der Waals surface area (Å²) in [5.74, 6) is -0.708. The summed E-state index contributed by atoms with van der Waals surface area (Å²) in [6.07, 6.45) is 1.67. The van der Waals surface area contributed by atoms with E-state index in [1.807, 2.05) is 44.2 Å². The van der Waals surface area contributed by atoms with Crippen molar-refractivity contribution in [1.29, 1.82) is 0 Å². The van der Waals surface area contributed by atoms with Gasteiger partial charge < -0.3 is 15.4 Å². The van der Waals surface area contributed by atoms with Gasteiger partial charge in [0.05, 0.1) is 29.1 Å². The maximum Gasteiger partial charge on any atom is 0.274 e. The molecule has 186 valence electrons. The van der Waals surface area contributed by atoms with Crippen LogP contribution in [0, 0.1) is 20.8 Å². The summed E-state index contributed by atoms with van der Waals surface area (Å²) in [5, 5.41) is 10.8. The molecule has 4 rings (SSSR count). The van der Waals surface area contributed by atoms with Crippen LogP contribution in [-0.2, 0) is 11.3 Å². The Morgan fingerprint density at radius 3 is 2.53 bits per heavy atom. The molecular weight excluding hydrogens is 454 g/mol. The van der Waals surface area contributed by atoms with Crippen LogP contribution in [0.15, 0.2) is 48.7 Å². The lowest BCUT2D eigenvalue weighted by molar-refractivity contribution is 0.0932. The van der Waals surface area contributed by atoms with Crippen LogP contribution in [0.4, 0.5) is 5.69 Å². The van der Waals surface area contributed by atoms with E-state index in [0.29, 0.717) is 36.6 Å². The quantitative estimate of drug-likeness (QED) is 0.354. The van der Waals surface area contributed by atoms with E-state index < -0.39 is 0 Å². The molecule has 0 atom stereocenters. The molecule has 2 N–H and O–H groups in total. The van der Waals surface area contributed by atoms with Gasteiger partial charge in [-0.25, -0.2) is 4.98 Å². The van der Waals surface area contributed by atoms with Crippen LogP contribution in [0.1, 0.15) is 44.5 Å². The molecule has 8 nitrogen and oxygen atoms in total. The third-order valence-electron chi connectivity index (χ3n) is 6.15. The van der Waals surface area contributed by atoms with Gasteiger partial charge in [0.1, 0.15) is 0 Å². The average Bonchev–Trinajstić information content (AvgIpc) is 3.28. The maximum atomic E-state index is 13.6. The number of aromatic nitrogens is 3. The lowest BCUT2D eigenvalue weighted by Crippen LogP contribution is -2.28. The number of nitrogens with zero attached hydrogens (tertiary/aromatic N) is 3. The summed E-state index contributed by atoms with van der Waals surface area (Å²) < 4.78 is 6.62. The summed E-state index contributed by atoms with van der Waals surface area (Å²) in [6, 6.07) is 13.8. The number of ether oxygens (including phenoxy) is 1. The molecule has 0 saturated heterocycles. The molecule has 0 saturated carbocycles. The Balaban J connectivity index is 1.75. The first-order valence-corrected chi connectivity index (χ1v) is 12.0. The molecule has 2 aromatic heterocycles. The second-order valence-electron chi connectivity index (χ2n) is 8.82. The van der Waals surface area contributed by atoms with Crippen LogP contribution in [0.25, 0.3) is 22.2 Å². The number of amides is 2. The largest absolute Gasteiger partial charge is 0.383 e. The maximum absolute atomic E-state index is 13.6. The first kappa shape index (κ1) is 25.1. The van der Waals surface area contributed by atoms with E-state index in [4.69, 9.17) is 9.72 Å². The van der Waals surface area contributed by atoms with Gasteiger partial charge in [-0.2, -0.15) is 5.10 Å². The zero-order valence-corrected chi connectivity index (χ0v) is 21.3. The van der Waals surface area contributed by atoms with Gasteiger partial charge in [0.15, 0.2) is 5.69 Å². The van der Waals surface area contributed by atoms with Crippen LogP contribution < -0.4 is 10.6 Å². The van der Waals surface area contributed by atoms with Crippen LogP contribution in [0.3, 0.4) is 0 Å². The Hall–Kier alpha value is -4.04. The first-order valence-electron chi connectivity index (χ1n) is 12.0. The molecule has 0 aliphatic heterocycles.